The van der Waals surface area contributed by atoms with Gasteiger partial charge in [-0.1, -0.05) is 60.7 Å². The van der Waals surface area contributed by atoms with Gasteiger partial charge in [0, 0.05) is 10.5 Å². The Hall–Kier alpha value is -0.630. The van der Waals surface area contributed by atoms with E-state index in [0.717, 1.165) is 0 Å². The van der Waals surface area contributed by atoms with Crippen LogP contribution >= 0.6 is 35.0 Å². The van der Waals surface area contributed by atoms with E-state index >= 15 is 0 Å². The van der Waals surface area contributed by atoms with E-state index in [1.54, 1.807) is 0 Å². The molecule has 2 unspecified atom stereocenters. The second kappa shape index (κ2) is 7.51. The first-order valence-electron chi connectivity index (χ1n) is 7.83. The molecule has 0 saturated heterocycles. The third kappa shape index (κ3) is 5.17. The van der Waals surface area contributed by atoms with Crippen molar-refractivity contribution in [2.24, 2.45) is 0 Å². The van der Waals surface area contributed by atoms with Crippen LogP contribution in [0.25, 0.3) is 0 Å². The highest BCUT2D eigenvalue weighted by atomic mass is 35.5. The van der Waals surface area contributed by atoms with Crippen LogP contribution in [0.2, 0.25) is 0 Å². The number of hydrogen-bond donors (Lipinski definition) is 0. The molecule has 0 saturated carbocycles. The highest BCUT2D eigenvalue weighted by Gasteiger charge is 2.37. The molecule has 3 heteroatoms. The first kappa shape index (κ1) is 18.7. The van der Waals surface area contributed by atoms with E-state index in [2.05, 4.69) is 76.2 Å². The first-order valence-corrected chi connectivity index (χ1v) is 9.52. The summed E-state index contributed by atoms with van der Waals surface area (Å²) in [6.45, 7) is 8.29. The van der Waals surface area contributed by atoms with Gasteiger partial charge in [0.15, 0.2) is 0 Å². The summed E-state index contributed by atoms with van der Waals surface area (Å²) in [4.78, 5) is -0.748. The van der Waals surface area contributed by atoms with Gasteiger partial charge in [0.1, 0.15) is 0 Å². The smallest absolute Gasteiger partial charge is 0.0549 e. The summed E-state index contributed by atoms with van der Waals surface area (Å²) in [5.74, 6) is 0. The number of thioether (sulfide) groups is 1. The van der Waals surface area contributed by atoms with Crippen molar-refractivity contribution in [2.75, 3.05) is 0 Å². The molecular formula is C20H24Cl2S. The maximum atomic E-state index is 6.75. The molecule has 0 aromatic heterocycles. The molecule has 23 heavy (non-hydrogen) atoms. The molecule has 0 aliphatic carbocycles. The van der Waals surface area contributed by atoms with E-state index in [9.17, 15) is 0 Å². The van der Waals surface area contributed by atoms with Crippen LogP contribution in [0.1, 0.15) is 49.3 Å². The summed E-state index contributed by atoms with van der Waals surface area (Å²) >= 11 is 15.3. The Bertz CT molecular complexity index is 542. The molecule has 0 bridgehead atoms. The van der Waals surface area contributed by atoms with Crippen molar-refractivity contribution in [3.63, 3.8) is 0 Å². The molecule has 0 aliphatic heterocycles. The average Bonchev–Trinajstić information content (AvgIpc) is 2.47. The summed E-state index contributed by atoms with van der Waals surface area (Å²) in [6, 6.07) is 20.9. The van der Waals surface area contributed by atoms with Crippen molar-refractivity contribution < 1.29 is 0 Å². The number of benzene rings is 2. The van der Waals surface area contributed by atoms with E-state index in [-0.39, 0.29) is 20.2 Å². The highest BCUT2D eigenvalue weighted by Crippen LogP contribution is 2.53. The van der Waals surface area contributed by atoms with Gasteiger partial charge in [-0.25, -0.2) is 0 Å². The minimum atomic E-state index is -0.374. The fourth-order valence-corrected chi connectivity index (χ4v) is 4.77. The van der Waals surface area contributed by atoms with Crippen molar-refractivity contribution in [2.45, 2.75) is 47.9 Å². The second-order valence-corrected chi connectivity index (χ2v) is 10.0. The van der Waals surface area contributed by atoms with Crippen LogP contribution in [0.15, 0.2) is 60.7 Å². The van der Waals surface area contributed by atoms with Gasteiger partial charge in [-0.2, -0.15) is 0 Å². The van der Waals surface area contributed by atoms with Crippen molar-refractivity contribution >= 4 is 35.0 Å². The minimum Gasteiger partial charge on any atom is -0.142 e. The van der Waals surface area contributed by atoms with Crippen LogP contribution in [0.4, 0.5) is 0 Å². The Balaban J connectivity index is 2.39. The van der Waals surface area contributed by atoms with E-state index < -0.39 is 0 Å². The molecule has 2 aromatic carbocycles. The fourth-order valence-electron chi connectivity index (χ4n) is 2.67. The van der Waals surface area contributed by atoms with E-state index in [0.29, 0.717) is 0 Å². The molecule has 0 aliphatic rings. The van der Waals surface area contributed by atoms with Crippen LogP contribution in [-0.4, -0.2) is 9.75 Å². The summed E-state index contributed by atoms with van der Waals surface area (Å²) in [5, 5.41) is 0.294. The first-order chi connectivity index (χ1) is 10.7. The Morgan fingerprint density at radius 1 is 0.652 bits per heavy atom. The van der Waals surface area contributed by atoms with Crippen molar-refractivity contribution in [1.82, 2.24) is 0 Å². The zero-order valence-corrected chi connectivity index (χ0v) is 16.4. The normalized spacial score (nSPS) is 15.2. The van der Waals surface area contributed by atoms with Gasteiger partial charge in [0.05, 0.1) is 9.75 Å². The third-order valence-electron chi connectivity index (χ3n) is 3.72. The van der Waals surface area contributed by atoms with Gasteiger partial charge in [0.2, 0.25) is 0 Å². The van der Waals surface area contributed by atoms with Gasteiger partial charge in [0.25, 0.3) is 0 Å². The number of alkyl halides is 2. The van der Waals surface area contributed by atoms with Crippen molar-refractivity contribution in [3.8, 4) is 0 Å². The third-order valence-corrected chi connectivity index (χ3v) is 6.69. The zero-order chi connectivity index (χ0) is 17.1. The summed E-state index contributed by atoms with van der Waals surface area (Å²) in [7, 11) is 0. The molecule has 2 atom stereocenters. The van der Waals surface area contributed by atoms with Crippen LogP contribution in [0.3, 0.4) is 0 Å². The van der Waals surface area contributed by atoms with Crippen molar-refractivity contribution in [3.05, 3.63) is 71.8 Å². The minimum absolute atomic E-state index is 0.147. The van der Waals surface area contributed by atoms with Gasteiger partial charge < -0.3 is 0 Å². The average molecular weight is 367 g/mol. The standard InChI is InChI=1S/C20H24Cl2S/c1-19(2,21)17(15-11-7-5-8-12-15)23-18(20(3,4)22)16-13-9-6-10-14-16/h5-14,17-18H,1-4H3. The molecule has 2 aromatic rings. The molecule has 0 fully saturated rings. The topological polar surface area (TPSA) is 0 Å². The Morgan fingerprint density at radius 2 is 0.957 bits per heavy atom. The molecular weight excluding hydrogens is 343 g/mol. The van der Waals surface area contributed by atoms with Crippen LogP contribution in [-0.2, 0) is 0 Å². The Labute approximate surface area is 154 Å². The SMILES string of the molecule is CC(C)(Cl)C(SC(c1ccccc1)C(C)(C)Cl)c1ccccc1. The van der Waals surface area contributed by atoms with E-state index in [1.165, 1.54) is 11.1 Å². The lowest BCUT2D eigenvalue weighted by Gasteiger charge is -2.36. The van der Waals surface area contributed by atoms with Crippen LogP contribution < -0.4 is 0 Å². The fraction of sp³-hybridized carbons (Fsp3) is 0.400. The summed E-state index contributed by atoms with van der Waals surface area (Å²) < 4.78 is 0. The van der Waals surface area contributed by atoms with Crippen LogP contribution in [0, 0.1) is 0 Å². The maximum Gasteiger partial charge on any atom is 0.0549 e. The zero-order valence-electron chi connectivity index (χ0n) is 14.1. The number of rotatable bonds is 6. The van der Waals surface area contributed by atoms with Crippen LogP contribution in [0.5, 0.6) is 0 Å². The summed E-state index contributed by atoms with van der Waals surface area (Å²) in [6.07, 6.45) is 0. The Kier molecular flexibility index (Phi) is 6.10. The Morgan fingerprint density at radius 3 is 1.22 bits per heavy atom. The molecule has 124 valence electrons. The predicted molar refractivity (Wildman–Crippen MR) is 106 cm³/mol. The van der Waals surface area contributed by atoms with Gasteiger partial charge in [-0.15, -0.1) is 35.0 Å². The van der Waals surface area contributed by atoms with Gasteiger partial charge >= 0.3 is 0 Å². The predicted octanol–water partition coefficient (Wildman–Crippen LogP) is 7.24. The highest BCUT2D eigenvalue weighted by molar-refractivity contribution is 8.00. The molecule has 0 N–H and O–H groups in total. The maximum absolute atomic E-state index is 6.75. The molecule has 0 heterocycles. The van der Waals surface area contributed by atoms with E-state index in [1.807, 2.05) is 23.9 Å². The monoisotopic (exact) mass is 366 g/mol. The molecule has 2 rings (SSSR count). The van der Waals surface area contributed by atoms with Gasteiger partial charge in [-0.3, -0.25) is 0 Å². The summed E-state index contributed by atoms with van der Waals surface area (Å²) in [5.41, 5.74) is 2.47. The quantitative estimate of drug-likeness (QED) is 0.485. The lowest BCUT2D eigenvalue weighted by Crippen LogP contribution is -2.26. The largest absolute Gasteiger partial charge is 0.142 e. The molecule has 0 nitrogen and oxygen atoms in total. The molecule has 0 amide bonds. The van der Waals surface area contributed by atoms with Gasteiger partial charge in [-0.05, 0) is 38.8 Å². The van der Waals surface area contributed by atoms with Crippen molar-refractivity contribution in [1.29, 1.82) is 0 Å². The van der Waals surface area contributed by atoms with E-state index in [4.69, 9.17) is 23.2 Å². The molecule has 0 spiro atoms. The lowest BCUT2D eigenvalue weighted by molar-refractivity contribution is 0.645. The second-order valence-electron chi connectivity index (χ2n) is 6.85. The lowest BCUT2D eigenvalue weighted by atomic mass is 10.0. The number of hydrogen-bond acceptors (Lipinski definition) is 1. The molecule has 0 radical (unpaired) electrons. The number of halogens is 2.